The average molecular weight is 310 g/mol. The summed E-state index contributed by atoms with van der Waals surface area (Å²) < 4.78 is 27.2. The Labute approximate surface area is 128 Å². The standard InChI is InChI=1S/C16H26N2O2S/c1-2-3-13-18(16-7-5-4-6-8-16)21(19,20)14-15-9-11-17-12-10-15/h4-8,15,17H,2-3,9-14H2,1H3. The fourth-order valence-corrected chi connectivity index (χ4v) is 4.72. The molecule has 0 amide bonds. The van der Waals surface area contributed by atoms with Gasteiger partial charge in [-0.25, -0.2) is 8.42 Å². The zero-order valence-corrected chi connectivity index (χ0v) is 13.6. The highest BCUT2D eigenvalue weighted by Gasteiger charge is 2.27. The van der Waals surface area contributed by atoms with E-state index in [4.69, 9.17) is 0 Å². The van der Waals surface area contributed by atoms with Crippen LogP contribution in [0.15, 0.2) is 30.3 Å². The van der Waals surface area contributed by atoms with Crippen molar-refractivity contribution in [2.75, 3.05) is 29.7 Å². The Kier molecular flexibility index (Phi) is 6.06. The zero-order chi connectivity index (χ0) is 15.1. The van der Waals surface area contributed by atoms with Crippen LogP contribution in [-0.4, -0.2) is 33.8 Å². The van der Waals surface area contributed by atoms with Crippen molar-refractivity contribution >= 4 is 15.7 Å². The van der Waals surface area contributed by atoms with Gasteiger partial charge in [0.25, 0.3) is 0 Å². The van der Waals surface area contributed by atoms with Crippen LogP contribution in [0.5, 0.6) is 0 Å². The number of hydrogen-bond donors (Lipinski definition) is 1. The quantitative estimate of drug-likeness (QED) is 0.842. The summed E-state index contributed by atoms with van der Waals surface area (Å²) in [5, 5.41) is 3.29. The molecule has 1 aliphatic rings. The lowest BCUT2D eigenvalue weighted by Crippen LogP contribution is -2.39. The summed E-state index contributed by atoms with van der Waals surface area (Å²) in [6.07, 6.45) is 3.79. The third-order valence-electron chi connectivity index (χ3n) is 4.00. The van der Waals surface area contributed by atoms with Crippen molar-refractivity contribution < 1.29 is 8.42 Å². The van der Waals surface area contributed by atoms with E-state index in [2.05, 4.69) is 12.2 Å². The molecule has 0 aromatic heterocycles. The summed E-state index contributed by atoms with van der Waals surface area (Å²) in [6.45, 7) is 4.53. The van der Waals surface area contributed by atoms with E-state index in [1.165, 1.54) is 0 Å². The van der Waals surface area contributed by atoms with Crippen molar-refractivity contribution in [3.05, 3.63) is 30.3 Å². The van der Waals surface area contributed by atoms with E-state index in [-0.39, 0.29) is 11.7 Å². The molecule has 0 bridgehead atoms. The molecule has 4 nitrogen and oxygen atoms in total. The number of anilines is 1. The van der Waals surface area contributed by atoms with Gasteiger partial charge in [0.2, 0.25) is 10.0 Å². The maximum Gasteiger partial charge on any atom is 0.235 e. The Hall–Kier alpha value is -1.07. The highest BCUT2D eigenvalue weighted by molar-refractivity contribution is 7.92. The van der Waals surface area contributed by atoms with Crippen molar-refractivity contribution in [1.82, 2.24) is 5.32 Å². The first-order valence-corrected chi connectivity index (χ1v) is 9.50. The van der Waals surface area contributed by atoms with Gasteiger partial charge in [0.05, 0.1) is 11.4 Å². The maximum absolute atomic E-state index is 12.8. The van der Waals surface area contributed by atoms with Crippen molar-refractivity contribution in [2.24, 2.45) is 5.92 Å². The van der Waals surface area contributed by atoms with E-state index >= 15 is 0 Å². The second-order valence-electron chi connectivity index (χ2n) is 5.73. The molecule has 1 aliphatic heterocycles. The number of nitrogens with zero attached hydrogens (tertiary/aromatic N) is 1. The summed E-state index contributed by atoms with van der Waals surface area (Å²) in [5.41, 5.74) is 0.792. The number of benzene rings is 1. The average Bonchev–Trinajstić information content (AvgIpc) is 2.49. The van der Waals surface area contributed by atoms with E-state index in [0.29, 0.717) is 6.54 Å². The van der Waals surface area contributed by atoms with Crippen LogP contribution in [0.1, 0.15) is 32.6 Å². The number of piperidine rings is 1. The van der Waals surface area contributed by atoms with Crippen LogP contribution in [0.3, 0.4) is 0 Å². The summed E-state index contributed by atoms with van der Waals surface area (Å²) >= 11 is 0. The Morgan fingerprint density at radius 1 is 1.19 bits per heavy atom. The van der Waals surface area contributed by atoms with Crippen LogP contribution in [0.2, 0.25) is 0 Å². The molecule has 1 fully saturated rings. The van der Waals surface area contributed by atoms with E-state index in [1.807, 2.05) is 30.3 Å². The monoisotopic (exact) mass is 310 g/mol. The van der Waals surface area contributed by atoms with Gasteiger partial charge in [-0.15, -0.1) is 0 Å². The van der Waals surface area contributed by atoms with Crippen LogP contribution in [0, 0.1) is 5.92 Å². The number of rotatable bonds is 7. The van der Waals surface area contributed by atoms with Gasteiger partial charge in [-0.1, -0.05) is 31.5 Å². The molecular weight excluding hydrogens is 284 g/mol. The van der Waals surface area contributed by atoms with E-state index in [1.54, 1.807) is 4.31 Å². The number of para-hydroxylation sites is 1. The summed E-state index contributed by atoms with van der Waals surface area (Å²) in [6, 6.07) is 9.48. The Morgan fingerprint density at radius 2 is 1.86 bits per heavy atom. The second-order valence-corrected chi connectivity index (χ2v) is 7.67. The van der Waals surface area contributed by atoms with Gasteiger partial charge in [0, 0.05) is 6.54 Å². The fraction of sp³-hybridized carbons (Fsp3) is 0.625. The van der Waals surface area contributed by atoms with Crippen molar-refractivity contribution in [3.63, 3.8) is 0 Å². The summed E-state index contributed by atoms with van der Waals surface area (Å²) in [5.74, 6) is 0.553. The van der Waals surface area contributed by atoms with Gasteiger partial charge in [-0.2, -0.15) is 0 Å². The number of hydrogen-bond acceptors (Lipinski definition) is 3. The van der Waals surface area contributed by atoms with Gasteiger partial charge < -0.3 is 5.32 Å². The molecule has 0 saturated carbocycles. The van der Waals surface area contributed by atoms with Gasteiger partial charge in [-0.3, -0.25) is 4.31 Å². The minimum atomic E-state index is -3.24. The molecule has 1 N–H and O–H groups in total. The zero-order valence-electron chi connectivity index (χ0n) is 12.8. The lowest BCUT2D eigenvalue weighted by Gasteiger charge is -2.28. The molecule has 21 heavy (non-hydrogen) atoms. The highest BCUT2D eigenvalue weighted by Crippen LogP contribution is 2.22. The van der Waals surface area contributed by atoms with Crippen molar-refractivity contribution in [3.8, 4) is 0 Å². The first-order chi connectivity index (χ1) is 10.1. The van der Waals surface area contributed by atoms with Gasteiger partial charge in [0.1, 0.15) is 0 Å². The van der Waals surface area contributed by atoms with Crippen LogP contribution in [0.25, 0.3) is 0 Å². The highest BCUT2D eigenvalue weighted by atomic mass is 32.2. The number of unbranched alkanes of at least 4 members (excludes halogenated alkanes) is 1. The fourth-order valence-electron chi connectivity index (χ4n) is 2.76. The minimum Gasteiger partial charge on any atom is -0.317 e. The van der Waals surface area contributed by atoms with E-state index < -0.39 is 10.0 Å². The second kappa shape index (κ2) is 7.80. The molecule has 2 rings (SSSR count). The summed E-state index contributed by atoms with van der Waals surface area (Å²) in [7, 11) is -3.24. The van der Waals surface area contributed by atoms with E-state index in [0.717, 1.165) is 44.5 Å². The van der Waals surface area contributed by atoms with Gasteiger partial charge >= 0.3 is 0 Å². The Bertz CT molecular complexity index is 510. The van der Waals surface area contributed by atoms with Crippen LogP contribution in [0.4, 0.5) is 5.69 Å². The third kappa shape index (κ3) is 4.71. The maximum atomic E-state index is 12.8. The molecule has 118 valence electrons. The summed E-state index contributed by atoms with van der Waals surface area (Å²) in [4.78, 5) is 0. The van der Waals surface area contributed by atoms with Crippen LogP contribution >= 0.6 is 0 Å². The predicted molar refractivity (Wildman–Crippen MR) is 88.1 cm³/mol. The first kappa shape index (κ1) is 16.3. The van der Waals surface area contributed by atoms with E-state index in [9.17, 15) is 8.42 Å². The smallest absolute Gasteiger partial charge is 0.235 e. The molecular formula is C16H26N2O2S. The Balaban J connectivity index is 2.13. The minimum absolute atomic E-state index is 0.271. The van der Waals surface area contributed by atoms with Crippen LogP contribution in [-0.2, 0) is 10.0 Å². The molecule has 1 saturated heterocycles. The lowest BCUT2D eigenvalue weighted by atomic mass is 10.0. The van der Waals surface area contributed by atoms with Gasteiger partial charge in [0.15, 0.2) is 0 Å². The SMILES string of the molecule is CCCCN(c1ccccc1)S(=O)(=O)CC1CCNCC1. The molecule has 0 unspecified atom stereocenters. The predicted octanol–water partition coefficient (Wildman–Crippen LogP) is 2.62. The normalized spacial score (nSPS) is 16.8. The van der Waals surface area contributed by atoms with Crippen molar-refractivity contribution in [1.29, 1.82) is 0 Å². The topological polar surface area (TPSA) is 49.4 Å². The molecule has 1 aromatic rings. The molecule has 1 heterocycles. The van der Waals surface area contributed by atoms with Crippen LogP contribution < -0.4 is 9.62 Å². The third-order valence-corrected chi connectivity index (χ3v) is 5.96. The Morgan fingerprint density at radius 3 is 2.48 bits per heavy atom. The lowest BCUT2D eigenvalue weighted by molar-refractivity contribution is 0.401. The van der Waals surface area contributed by atoms with Crippen molar-refractivity contribution in [2.45, 2.75) is 32.6 Å². The molecule has 0 spiro atoms. The molecule has 5 heteroatoms. The molecule has 0 radical (unpaired) electrons. The number of sulfonamides is 1. The molecule has 0 aliphatic carbocycles. The first-order valence-electron chi connectivity index (χ1n) is 7.89. The van der Waals surface area contributed by atoms with Gasteiger partial charge in [-0.05, 0) is 50.4 Å². The number of nitrogens with one attached hydrogen (secondary N) is 1. The molecule has 1 aromatic carbocycles. The molecule has 0 atom stereocenters. The largest absolute Gasteiger partial charge is 0.317 e.